The van der Waals surface area contributed by atoms with Crippen molar-refractivity contribution in [3.05, 3.63) is 120 Å². The van der Waals surface area contributed by atoms with Crippen LogP contribution >= 0.6 is 0 Å². The average molecular weight is 697 g/mol. The zero-order valence-electron chi connectivity index (χ0n) is 32.6. The molecule has 0 aliphatic heterocycles. The van der Waals surface area contributed by atoms with Crippen molar-refractivity contribution in [2.75, 3.05) is 26.4 Å². The smallest absolute Gasteiger partial charge is 0.143 e. The minimum absolute atomic E-state index is 0.154. The van der Waals surface area contributed by atoms with E-state index in [1.165, 1.54) is 96.3 Å². The third kappa shape index (κ3) is 17.1. The molecule has 0 spiro atoms. The Morgan fingerprint density at radius 1 is 0.549 bits per heavy atom. The first-order valence-electron chi connectivity index (χ1n) is 20.8. The summed E-state index contributed by atoms with van der Waals surface area (Å²) in [7, 11) is 0. The topological polar surface area (TPSA) is 27.7 Å². The predicted molar refractivity (Wildman–Crippen MR) is 218 cm³/mol. The molecule has 2 atom stereocenters. The second-order valence-corrected chi connectivity index (χ2v) is 14.7. The fourth-order valence-electron chi connectivity index (χ4n) is 7.16. The minimum Gasteiger partial charge on any atom is -0.379 e. The van der Waals surface area contributed by atoms with Crippen molar-refractivity contribution in [2.24, 2.45) is 5.92 Å². The summed E-state index contributed by atoms with van der Waals surface area (Å²) in [5.74, 6) is 0.920. The number of benzene rings is 3. The van der Waals surface area contributed by atoms with Crippen molar-refractivity contribution >= 4 is 0 Å². The maximum atomic E-state index is 7.10. The van der Waals surface area contributed by atoms with E-state index in [0.29, 0.717) is 19.8 Å². The zero-order valence-corrected chi connectivity index (χ0v) is 32.6. The lowest BCUT2D eigenvalue weighted by Crippen LogP contribution is -2.37. The van der Waals surface area contributed by atoms with E-state index >= 15 is 0 Å². The molecule has 3 aromatic rings. The molecule has 3 aromatic carbocycles. The Morgan fingerprint density at radius 2 is 1.00 bits per heavy atom. The van der Waals surface area contributed by atoms with Crippen LogP contribution in [0.15, 0.2) is 104 Å². The van der Waals surface area contributed by atoms with Crippen molar-refractivity contribution in [2.45, 2.75) is 148 Å². The van der Waals surface area contributed by atoms with E-state index in [1.807, 2.05) is 6.08 Å². The minimum atomic E-state index is -0.764. The molecule has 0 amide bonds. The number of hydrogen-bond donors (Lipinski definition) is 0. The molecule has 0 heterocycles. The third-order valence-electron chi connectivity index (χ3n) is 10.3. The van der Waals surface area contributed by atoms with Gasteiger partial charge in [-0.2, -0.15) is 0 Å². The van der Waals surface area contributed by atoms with Gasteiger partial charge < -0.3 is 14.2 Å². The van der Waals surface area contributed by atoms with Gasteiger partial charge in [0.1, 0.15) is 11.7 Å². The fraction of sp³-hybridized carbons (Fsp3) is 0.583. The SMILES string of the molecule is C=CCCCCOC(COCCCCCCCCCCCCC(C)CCCCCC)COC(c1ccccc1)(c1ccccc1)c1ccccc1. The second kappa shape index (κ2) is 27.9. The Bertz CT molecular complexity index is 1110. The van der Waals surface area contributed by atoms with Crippen molar-refractivity contribution in [3.63, 3.8) is 0 Å². The first-order valence-corrected chi connectivity index (χ1v) is 20.8. The van der Waals surface area contributed by atoms with E-state index in [2.05, 4.69) is 111 Å². The highest BCUT2D eigenvalue weighted by Crippen LogP contribution is 2.40. The second-order valence-electron chi connectivity index (χ2n) is 14.7. The summed E-state index contributed by atoms with van der Waals surface area (Å²) < 4.78 is 19.8. The molecule has 0 aromatic heterocycles. The van der Waals surface area contributed by atoms with E-state index < -0.39 is 5.60 Å². The lowest BCUT2D eigenvalue weighted by Gasteiger charge is -2.37. The van der Waals surface area contributed by atoms with Crippen molar-refractivity contribution in [3.8, 4) is 0 Å². The number of unbranched alkanes of at least 4 members (excludes halogenated alkanes) is 14. The van der Waals surface area contributed by atoms with Gasteiger partial charge in [-0.3, -0.25) is 0 Å². The van der Waals surface area contributed by atoms with Gasteiger partial charge in [-0.15, -0.1) is 6.58 Å². The number of rotatable bonds is 32. The van der Waals surface area contributed by atoms with Gasteiger partial charge in [0.05, 0.1) is 13.2 Å². The Kier molecular flexibility index (Phi) is 23.3. The monoisotopic (exact) mass is 697 g/mol. The normalized spacial score (nSPS) is 12.9. The first kappa shape index (κ1) is 42.7. The maximum Gasteiger partial charge on any atom is 0.143 e. The zero-order chi connectivity index (χ0) is 36.1. The van der Waals surface area contributed by atoms with Gasteiger partial charge in [0, 0.05) is 13.2 Å². The van der Waals surface area contributed by atoms with Gasteiger partial charge in [0.15, 0.2) is 0 Å². The molecular weight excluding hydrogens is 625 g/mol. The molecule has 0 saturated heterocycles. The molecule has 0 aliphatic rings. The van der Waals surface area contributed by atoms with Crippen LogP contribution in [0, 0.1) is 5.92 Å². The van der Waals surface area contributed by atoms with Crippen molar-refractivity contribution in [1.29, 1.82) is 0 Å². The molecule has 2 unspecified atom stereocenters. The van der Waals surface area contributed by atoms with Gasteiger partial charge in [-0.05, 0) is 48.3 Å². The number of hydrogen-bond acceptors (Lipinski definition) is 3. The van der Waals surface area contributed by atoms with Gasteiger partial charge in [-0.1, -0.05) is 207 Å². The number of ether oxygens (including phenoxy) is 3. The van der Waals surface area contributed by atoms with Crippen LogP contribution in [0.1, 0.15) is 153 Å². The molecule has 0 radical (unpaired) electrons. The summed E-state index contributed by atoms with van der Waals surface area (Å²) in [6.45, 7) is 11.1. The molecule has 3 rings (SSSR count). The summed E-state index contributed by atoms with van der Waals surface area (Å²) >= 11 is 0. The van der Waals surface area contributed by atoms with Crippen LogP contribution in [0.5, 0.6) is 0 Å². The van der Waals surface area contributed by atoms with Gasteiger partial charge >= 0.3 is 0 Å². The molecule has 3 heteroatoms. The highest BCUT2D eigenvalue weighted by Gasteiger charge is 2.38. The molecular formula is C48H72O3. The summed E-state index contributed by atoms with van der Waals surface area (Å²) in [6.07, 6.45) is 26.8. The van der Waals surface area contributed by atoms with E-state index in [1.54, 1.807) is 0 Å². The standard InChI is InChI=1S/C48H72O3/c1-4-6-8-21-31-43(3)32-22-16-14-12-10-11-13-15-17-29-39-49-41-47(50-40-30-9-7-5-2)42-51-48(44-33-23-18-24-34-44,45-35-25-19-26-36-45)46-37-27-20-28-38-46/h5,18-20,23-28,33-38,43,47H,2,4,6-17,21-22,29-32,39-42H2,1,3H3. The molecule has 0 N–H and O–H groups in total. The summed E-state index contributed by atoms with van der Waals surface area (Å²) in [6, 6.07) is 31.7. The molecule has 0 saturated carbocycles. The van der Waals surface area contributed by atoms with Crippen molar-refractivity contribution in [1.82, 2.24) is 0 Å². The van der Waals surface area contributed by atoms with Crippen LogP contribution in [0.4, 0.5) is 0 Å². The molecule has 3 nitrogen and oxygen atoms in total. The van der Waals surface area contributed by atoms with Crippen LogP contribution < -0.4 is 0 Å². The fourth-order valence-corrected chi connectivity index (χ4v) is 7.16. The summed E-state index contributed by atoms with van der Waals surface area (Å²) in [4.78, 5) is 0. The van der Waals surface area contributed by atoms with Crippen LogP contribution in [-0.2, 0) is 19.8 Å². The maximum absolute atomic E-state index is 7.10. The quantitative estimate of drug-likeness (QED) is 0.0369. The van der Waals surface area contributed by atoms with E-state index in [4.69, 9.17) is 14.2 Å². The Morgan fingerprint density at radius 3 is 1.49 bits per heavy atom. The van der Waals surface area contributed by atoms with Crippen LogP contribution in [0.25, 0.3) is 0 Å². The molecule has 51 heavy (non-hydrogen) atoms. The third-order valence-corrected chi connectivity index (χ3v) is 10.3. The number of allylic oxidation sites excluding steroid dienone is 1. The van der Waals surface area contributed by atoms with E-state index in [0.717, 1.165) is 54.9 Å². The van der Waals surface area contributed by atoms with Crippen LogP contribution in [0.3, 0.4) is 0 Å². The Balaban J connectivity index is 1.41. The lowest BCUT2D eigenvalue weighted by atomic mass is 9.80. The Hall–Kier alpha value is -2.72. The summed E-state index contributed by atoms with van der Waals surface area (Å²) in [5.41, 5.74) is 2.55. The highest BCUT2D eigenvalue weighted by molar-refractivity contribution is 5.47. The van der Waals surface area contributed by atoms with Gasteiger partial charge in [-0.25, -0.2) is 0 Å². The average Bonchev–Trinajstić information content (AvgIpc) is 3.17. The predicted octanol–water partition coefficient (Wildman–Crippen LogP) is 13.7. The summed E-state index contributed by atoms with van der Waals surface area (Å²) in [5, 5.41) is 0. The lowest BCUT2D eigenvalue weighted by molar-refractivity contribution is -0.0922. The highest BCUT2D eigenvalue weighted by atomic mass is 16.6. The van der Waals surface area contributed by atoms with Gasteiger partial charge in [0.2, 0.25) is 0 Å². The molecule has 282 valence electrons. The van der Waals surface area contributed by atoms with Crippen LogP contribution in [-0.4, -0.2) is 32.5 Å². The van der Waals surface area contributed by atoms with Gasteiger partial charge in [0.25, 0.3) is 0 Å². The van der Waals surface area contributed by atoms with E-state index in [9.17, 15) is 0 Å². The molecule has 0 aliphatic carbocycles. The Labute approximate surface area is 313 Å². The molecule has 0 bridgehead atoms. The first-order chi connectivity index (χ1) is 25.2. The van der Waals surface area contributed by atoms with Crippen LogP contribution in [0.2, 0.25) is 0 Å². The molecule has 0 fully saturated rings. The van der Waals surface area contributed by atoms with E-state index in [-0.39, 0.29) is 6.10 Å². The van der Waals surface area contributed by atoms with Crippen molar-refractivity contribution < 1.29 is 14.2 Å². The largest absolute Gasteiger partial charge is 0.379 e.